The van der Waals surface area contributed by atoms with E-state index in [9.17, 15) is 24.6 Å². The lowest BCUT2D eigenvalue weighted by Crippen LogP contribution is -2.35. The molecule has 0 radical (unpaired) electrons. The van der Waals surface area contributed by atoms with E-state index in [-0.39, 0.29) is 24.2 Å². The number of nitrogens with two attached hydrogens (primary N) is 1. The minimum absolute atomic E-state index is 0.102. The lowest BCUT2D eigenvalue weighted by Gasteiger charge is -2.16. The highest BCUT2D eigenvalue weighted by Crippen LogP contribution is 2.31. The quantitative estimate of drug-likeness (QED) is 0.530. The van der Waals surface area contributed by atoms with E-state index >= 15 is 0 Å². The Hall–Kier alpha value is -2.39. The number of aliphatic carboxylic acids is 2. The number of aromatic hydroxyl groups is 1. The number of carbonyl (C=O) groups is 2. The zero-order valence-electron chi connectivity index (χ0n) is 12.2. The molecule has 2 atom stereocenters. The first kappa shape index (κ1) is 18.0. The molecule has 0 spiro atoms. The number of rotatable bonds is 6. The molecule has 0 aliphatic carbocycles. The van der Waals surface area contributed by atoms with Gasteiger partial charge < -0.3 is 25.5 Å². The van der Waals surface area contributed by atoms with Gasteiger partial charge in [-0.15, -0.1) is 0 Å². The second-order valence-electron chi connectivity index (χ2n) is 5.31. The second kappa shape index (κ2) is 7.02. The van der Waals surface area contributed by atoms with Crippen LogP contribution in [0.15, 0.2) is 31.9 Å². The fraction of sp³-hybridized carbons (Fsp3) is 0.267. The highest BCUT2D eigenvalue weighted by Gasteiger charge is 2.26. The molecule has 0 saturated carbocycles. The molecule has 0 aliphatic rings. The van der Waals surface area contributed by atoms with Crippen molar-refractivity contribution in [2.75, 3.05) is 0 Å². The van der Waals surface area contributed by atoms with Crippen LogP contribution in [0.25, 0.3) is 11.0 Å². The zero-order valence-corrected chi connectivity index (χ0v) is 13.8. The third-order valence-electron chi connectivity index (χ3n) is 3.57. The van der Waals surface area contributed by atoms with Gasteiger partial charge in [0, 0.05) is 17.5 Å². The van der Waals surface area contributed by atoms with Gasteiger partial charge in [0.25, 0.3) is 0 Å². The van der Waals surface area contributed by atoms with Crippen LogP contribution in [0, 0.1) is 5.92 Å². The van der Waals surface area contributed by atoms with E-state index in [2.05, 4.69) is 15.9 Å². The monoisotopic (exact) mass is 399 g/mol. The first-order valence-corrected chi connectivity index (χ1v) is 7.64. The van der Waals surface area contributed by atoms with Gasteiger partial charge in [-0.1, -0.05) is 0 Å². The molecule has 1 heterocycles. The third-order valence-corrected chi connectivity index (χ3v) is 4.20. The van der Waals surface area contributed by atoms with Gasteiger partial charge in [0.05, 0.1) is 10.4 Å². The molecule has 9 heteroatoms. The molecule has 8 nitrogen and oxygen atoms in total. The fourth-order valence-electron chi connectivity index (χ4n) is 2.35. The predicted octanol–water partition coefficient (Wildman–Crippen LogP) is 1.31. The summed E-state index contributed by atoms with van der Waals surface area (Å²) in [6.07, 6.45) is -0.388. The van der Waals surface area contributed by atoms with Crippen molar-refractivity contribution >= 4 is 38.8 Å². The Labute approximate surface area is 143 Å². The Balaban J connectivity index is 2.46. The molecule has 0 aliphatic heterocycles. The van der Waals surface area contributed by atoms with Crippen LogP contribution >= 0.6 is 15.9 Å². The number of carboxylic acids is 2. The number of phenolic OH excluding ortho intramolecular Hbond substituents is 1. The summed E-state index contributed by atoms with van der Waals surface area (Å²) in [5.41, 5.74) is 5.18. The molecule has 0 fully saturated rings. The molecular weight excluding hydrogens is 386 g/mol. The molecule has 0 bridgehead atoms. The van der Waals surface area contributed by atoms with Crippen molar-refractivity contribution in [2.45, 2.75) is 18.9 Å². The summed E-state index contributed by atoms with van der Waals surface area (Å²) in [4.78, 5) is 33.9. The maximum Gasteiger partial charge on any atom is 0.336 e. The molecule has 1 aromatic heterocycles. The van der Waals surface area contributed by atoms with Crippen LogP contribution in [0.5, 0.6) is 5.75 Å². The molecular formula is C15H14BrNO7. The number of benzene rings is 1. The standard InChI is InChI=1S/C15H14BrNO7/c16-9-4-8-6(3-13(19)24-12(8)5-11(9)18)1-7(14(20)21)2-10(17)15(22)23/h3-5,7,10,18H,1-2,17H2,(H,20,21)(H,22,23)/t7?,10-/m0/s1. The van der Waals surface area contributed by atoms with Crippen molar-refractivity contribution < 1.29 is 29.3 Å². The summed E-state index contributed by atoms with van der Waals surface area (Å²) < 4.78 is 5.34. The molecule has 128 valence electrons. The molecule has 24 heavy (non-hydrogen) atoms. The fourth-order valence-corrected chi connectivity index (χ4v) is 2.69. The molecule has 0 amide bonds. The van der Waals surface area contributed by atoms with Crippen LogP contribution in [0.4, 0.5) is 0 Å². The van der Waals surface area contributed by atoms with Crippen molar-refractivity contribution in [3.05, 3.63) is 38.7 Å². The zero-order chi connectivity index (χ0) is 18.0. The van der Waals surface area contributed by atoms with Crippen molar-refractivity contribution in [1.82, 2.24) is 0 Å². The largest absolute Gasteiger partial charge is 0.507 e. The van der Waals surface area contributed by atoms with Crippen LogP contribution < -0.4 is 11.4 Å². The summed E-state index contributed by atoms with van der Waals surface area (Å²) in [5, 5.41) is 28.3. The highest BCUT2D eigenvalue weighted by atomic mass is 79.9. The molecule has 2 aromatic rings. The van der Waals surface area contributed by atoms with Gasteiger partial charge in [0.15, 0.2) is 0 Å². The predicted molar refractivity (Wildman–Crippen MR) is 86.9 cm³/mol. The second-order valence-corrected chi connectivity index (χ2v) is 6.16. The van der Waals surface area contributed by atoms with Crippen LogP contribution in [-0.2, 0) is 16.0 Å². The Kier molecular flexibility index (Phi) is 5.25. The Morgan fingerprint density at radius 3 is 2.46 bits per heavy atom. The Morgan fingerprint density at radius 1 is 1.21 bits per heavy atom. The van der Waals surface area contributed by atoms with Gasteiger partial charge in [0.1, 0.15) is 17.4 Å². The lowest BCUT2D eigenvalue weighted by atomic mass is 9.92. The van der Waals surface area contributed by atoms with Crippen LogP contribution in [0.1, 0.15) is 12.0 Å². The van der Waals surface area contributed by atoms with E-state index in [1.165, 1.54) is 12.1 Å². The Bertz CT molecular complexity index is 861. The average molecular weight is 400 g/mol. The van der Waals surface area contributed by atoms with Crippen molar-refractivity contribution in [3.8, 4) is 5.75 Å². The SMILES string of the molecule is N[C@@H](CC(Cc1cc(=O)oc2cc(O)c(Br)cc12)C(=O)O)C(=O)O. The van der Waals surface area contributed by atoms with Crippen molar-refractivity contribution in [1.29, 1.82) is 0 Å². The molecule has 2 rings (SSSR count). The minimum Gasteiger partial charge on any atom is -0.507 e. The number of carboxylic acid groups (broad SMARTS) is 2. The molecule has 0 saturated heterocycles. The molecule has 1 aromatic carbocycles. The Morgan fingerprint density at radius 2 is 1.88 bits per heavy atom. The van der Waals surface area contributed by atoms with Gasteiger partial charge in [-0.2, -0.15) is 0 Å². The molecule has 1 unspecified atom stereocenters. The average Bonchev–Trinajstić information content (AvgIpc) is 2.48. The summed E-state index contributed by atoms with van der Waals surface area (Å²) in [5.74, 6) is -3.74. The summed E-state index contributed by atoms with van der Waals surface area (Å²) >= 11 is 3.14. The van der Waals surface area contributed by atoms with E-state index < -0.39 is 29.5 Å². The first-order chi connectivity index (χ1) is 11.2. The van der Waals surface area contributed by atoms with Crippen LogP contribution in [0.3, 0.4) is 0 Å². The number of halogens is 1. The van der Waals surface area contributed by atoms with Gasteiger partial charge in [-0.3, -0.25) is 9.59 Å². The topological polar surface area (TPSA) is 151 Å². The van der Waals surface area contributed by atoms with Crippen LogP contribution in [-0.4, -0.2) is 33.3 Å². The number of phenols is 1. The van der Waals surface area contributed by atoms with E-state index in [0.717, 1.165) is 6.07 Å². The number of fused-ring (bicyclic) bond motifs is 1. The van der Waals surface area contributed by atoms with Crippen LogP contribution in [0.2, 0.25) is 0 Å². The van der Waals surface area contributed by atoms with Crippen molar-refractivity contribution in [2.24, 2.45) is 11.7 Å². The van der Waals surface area contributed by atoms with E-state index in [1.807, 2.05) is 0 Å². The number of hydrogen-bond acceptors (Lipinski definition) is 6. The highest BCUT2D eigenvalue weighted by molar-refractivity contribution is 9.10. The van der Waals surface area contributed by atoms with E-state index in [0.29, 0.717) is 15.4 Å². The number of hydrogen-bond donors (Lipinski definition) is 4. The van der Waals surface area contributed by atoms with Gasteiger partial charge >= 0.3 is 17.6 Å². The summed E-state index contributed by atoms with van der Waals surface area (Å²) in [7, 11) is 0. The summed E-state index contributed by atoms with van der Waals surface area (Å²) in [6, 6.07) is 2.56. The normalized spacial score (nSPS) is 13.6. The minimum atomic E-state index is -1.33. The van der Waals surface area contributed by atoms with E-state index in [4.69, 9.17) is 15.3 Å². The van der Waals surface area contributed by atoms with Gasteiger partial charge in [-0.05, 0) is 40.4 Å². The van der Waals surface area contributed by atoms with E-state index in [1.54, 1.807) is 0 Å². The maximum absolute atomic E-state index is 11.7. The first-order valence-electron chi connectivity index (χ1n) is 6.85. The van der Waals surface area contributed by atoms with Gasteiger partial charge in [0.2, 0.25) is 0 Å². The lowest BCUT2D eigenvalue weighted by molar-refractivity contribution is -0.143. The summed E-state index contributed by atoms with van der Waals surface area (Å²) in [6.45, 7) is 0. The maximum atomic E-state index is 11.7. The third kappa shape index (κ3) is 3.92. The smallest absolute Gasteiger partial charge is 0.336 e. The van der Waals surface area contributed by atoms with Crippen molar-refractivity contribution in [3.63, 3.8) is 0 Å². The van der Waals surface area contributed by atoms with Gasteiger partial charge in [-0.25, -0.2) is 4.79 Å². The molecule has 5 N–H and O–H groups in total.